The van der Waals surface area contributed by atoms with Gasteiger partial charge in [-0.15, -0.1) is 5.43 Å². The second-order valence-corrected chi connectivity index (χ2v) is 3.00. The number of rotatable bonds is 5. The summed E-state index contributed by atoms with van der Waals surface area (Å²) in [7, 11) is 0. The van der Waals surface area contributed by atoms with Crippen LogP contribution in [0.25, 0.3) is 0 Å². The Morgan fingerprint density at radius 3 is 1.79 bits per heavy atom. The maximum Gasteiger partial charge on any atom is 0.375 e. The molecule has 0 atom stereocenters. The average Bonchev–Trinajstić information content (AvgIpc) is 2.26. The number of anilines is 1. The summed E-state index contributed by atoms with van der Waals surface area (Å²) in [5.74, 6) is 0. The van der Waals surface area contributed by atoms with Gasteiger partial charge in [0, 0.05) is 0 Å². The Kier molecular flexibility index (Phi) is 3.50. The van der Waals surface area contributed by atoms with Crippen molar-refractivity contribution >= 4 is 22.7 Å². The topological polar surface area (TPSA) is 185 Å². The summed E-state index contributed by atoms with van der Waals surface area (Å²) in [5.41, 5.74) is -2.97. The van der Waals surface area contributed by atoms with Gasteiger partial charge in [-0.05, 0) is 0 Å². The number of benzene rings is 1. The Bertz CT molecular complexity index is 598. The maximum atomic E-state index is 10.7. The molecular formula is C6H3N5O8. The molecule has 13 heteroatoms. The van der Waals surface area contributed by atoms with Crippen molar-refractivity contribution in [3.05, 3.63) is 52.6 Å². The van der Waals surface area contributed by atoms with Crippen LogP contribution in [-0.4, -0.2) is 19.8 Å². The molecule has 1 rings (SSSR count). The highest BCUT2D eigenvalue weighted by Crippen LogP contribution is 2.38. The zero-order valence-corrected chi connectivity index (χ0v) is 8.71. The van der Waals surface area contributed by atoms with Gasteiger partial charge >= 0.3 is 11.4 Å². The molecule has 0 saturated heterocycles. The van der Waals surface area contributed by atoms with Gasteiger partial charge in [0.05, 0.1) is 20.8 Å². The molecule has 0 aliphatic carbocycles. The summed E-state index contributed by atoms with van der Waals surface area (Å²) in [6.45, 7) is 0. The second kappa shape index (κ2) is 4.86. The minimum Gasteiger partial charge on any atom is -0.258 e. The zero-order valence-electron chi connectivity index (χ0n) is 8.71. The fourth-order valence-corrected chi connectivity index (χ4v) is 1.22. The Labute approximate surface area is 102 Å². The van der Waals surface area contributed by atoms with Crippen LogP contribution in [0.4, 0.5) is 22.7 Å². The largest absolute Gasteiger partial charge is 0.375 e. The summed E-state index contributed by atoms with van der Waals surface area (Å²) in [4.78, 5) is 38.5. The van der Waals surface area contributed by atoms with Crippen LogP contribution in [0.5, 0.6) is 0 Å². The van der Waals surface area contributed by atoms with E-state index in [1.165, 1.54) is 5.43 Å². The predicted octanol–water partition coefficient (Wildman–Crippen LogP) is 1.01. The van der Waals surface area contributed by atoms with Crippen molar-refractivity contribution in [2.24, 2.45) is 0 Å². The van der Waals surface area contributed by atoms with E-state index in [4.69, 9.17) is 0 Å². The van der Waals surface area contributed by atoms with Gasteiger partial charge in [-0.1, -0.05) is 0 Å². The third-order valence-electron chi connectivity index (χ3n) is 1.88. The Morgan fingerprint density at radius 2 is 1.42 bits per heavy atom. The third-order valence-corrected chi connectivity index (χ3v) is 1.88. The number of nitrogens with one attached hydrogen (secondary N) is 1. The van der Waals surface area contributed by atoms with E-state index >= 15 is 0 Å². The van der Waals surface area contributed by atoms with Crippen molar-refractivity contribution in [3.8, 4) is 0 Å². The number of hydrogen-bond donors (Lipinski definition) is 1. The predicted molar refractivity (Wildman–Crippen MR) is 57.0 cm³/mol. The number of nitrogens with zero attached hydrogens (tertiary/aromatic N) is 4. The Balaban J connectivity index is 3.64. The summed E-state index contributed by atoms with van der Waals surface area (Å²) in [6, 6.07) is 0.817. The second-order valence-electron chi connectivity index (χ2n) is 3.00. The molecule has 0 heterocycles. The molecule has 0 fully saturated rings. The lowest BCUT2D eigenvalue weighted by Crippen LogP contribution is -2.11. The molecule has 0 amide bonds. The summed E-state index contributed by atoms with van der Waals surface area (Å²) >= 11 is 0. The van der Waals surface area contributed by atoms with Crippen LogP contribution in [0, 0.1) is 40.5 Å². The molecule has 0 spiro atoms. The summed E-state index contributed by atoms with van der Waals surface area (Å²) < 4.78 is 0. The molecule has 0 saturated carbocycles. The lowest BCUT2D eigenvalue weighted by molar-refractivity contribution is -0.449. The van der Waals surface area contributed by atoms with Crippen molar-refractivity contribution in [1.29, 1.82) is 0 Å². The maximum absolute atomic E-state index is 10.7. The quantitative estimate of drug-likeness (QED) is 0.603. The molecule has 13 nitrogen and oxygen atoms in total. The molecular weight excluding hydrogens is 270 g/mol. The lowest BCUT2D eigenvalue weighted by atomic mass is 10.2. The minimum absolute atomic E-state index is 0.350. The number of nitro groups is 4. The minimum atomic E-state index is -1.24. The van der Waals surface area contributed by atoms with E-state index in [0.29, 0.717) is 12.1 Å². The van der Waals surface area contributed by atoms with Crippen LogP contribution >= 0.6 is 0 Å². The molecule has 0 aromatic heterocycles. The summed E-state index contributed by atoms with van der Waals surface area (Å²) in [5, 5.41) is 40.8. The van der Waals surface area contributed by atoms with Gasteiger partial charge in [0.2, 0.25) is 0 Å². The van der Waals surface area contributed by atoms with E-state index < -0.39 is 42.6 Å². The molecule has 1 N–H and O–H groups in total. The first-order valence-electron chi connectivity index (χ1n) is 4.26. The monoisotopic (exact) mass is 273 g/mol. The first kappa shape index (κ1) is 13.7. The molecule has 1 aromatic rings. The SMILES string of the molecule is O=[N+]([O-])Nc1cc([N+](=O)[O-])cc([N+](=O)[O-])c1[N+](=O)[O-]. The molecule has 19 heavy (non-hydrogen) atoms. The number of nitro benzene ring substituents is 3. The highest BCUT2D eigenvalue weighted by Gasteiger charge is 2.34. The van der Waals surface area contributed by atoms with Crippen LogP contribution < -0.4 is 5.43 Å². The van der Waals surface area contributed by atoms with Crippen molar-refractivity contribution in [1.82, 2.24) is 0 Å². The van der Waals surface area contributed by atoms with Gasteiger partial charge in [-0.3, -0.25) is 30.3 Å². The van der Waals surface area contributed by atoms with E-state index in [-0.39, 0.29) is 0 Å². The van der Waals surface area contributed by atoms with Crippen molar-refractivity contribution in [2.45, 2.75) is 0 Å². The van der Waals surface area contributed by atoms with E-state index in [2.05, 4.69) is 0 Å². The van der Waals surface area contributed by atoms with Gasteiger partial charge in [-0.25, -0.2) is 10.1 Å². The number of hydrazine groups is 1. The molecule has 0 unspecified atom stereocenters. The van der Waals surface area contributed by atoms with Gasteiger partial charge in [0.25, 0.3) is 5.69 Å². The van der Waals surface area contributed by atoms with Gasteiger partial charge in [0.15, 0.2) is 10.7 Å². The lowest BCUT2D eigenvalue weighted by Gasteiger charge is -2.00. The molecule has 100 valence electrons. The van der Waals surface area contributed by atoms with E-state index in [1.807, 2.05) is 0 Å². The van der Waals surface area contributed by atoms with Gasteiger partial charge in [-0.2, -0.15) is 0 Å². The fourth-order valence-electron chi connectivity index (χ4n) is 1.22. The molecule has 0 aliphatic rings. The van der Waals surface area contributed by atoms with Crippen LogP contribution in [0.1, 0.15) is 0 Å². The van der Waals surface area contributed by atoms with Crippen LogP contribution in [-0.2, 0) is 0 Å². The molecule has 0 radical (unpaired) electrons. The van der Waals surface area contributed by atoms with Crippen LogP contribution in [0.2, 0.25) is 0 Å². The van der Waals surface area contributed by atoms with Crippen molar-refractivity contribution in [3.63, 3.8) is 0 Å². The van der Waals surface area contributed by atoms with Gasteiger partial charge in [0.1, 0.15) is 6.07 Å². The van der Waals surface area contributed by atoms with Crippen LogP contribution in [0.15, 0.2) is 12.1 Å². The molecule has 1 aromatic carbocycles. The van der Waals surface area contributed by atoms with Crippen molar-refractivity contribution in [2.75, 3.05) is 5.43 Å². The highest BCUT2D eigenvalue weighted by atomic mass is 16.7. The Hall–Kier alpha value is -3.38. The number of non-ortho nitro benzene ring substituents is 1. The van der Waals surface area contributed by atoms with E-state index in [9.17, 15) is 40.5 Å². The highest BCUT2D eigenvalue weighted by molar-refractivity contribution is 5.74. The normalized spacial score (nSPS) is 9.68. The number of hydrogen-bond acceptors (Lipinski definition) is 8. The first-order chi connectivity index (χ1) is 8.73. The fraction of sp³-hybridized carbons (Fsp3) is 0. The average molecular weight is 273 g/mol. The van der Waals surface area contributed by atoms with E-state index in [1.54, 1.807) is 0 Å². The standard InChI is InChI=1S/C6H3N5O8/c12-8(13)3-1-4(7-11(18)19)6(10(16)17)5(2-3)9(14)15/h1-2,7H. The van der Waals surface area contributed by atoms with Crippen LogP contribution in [0.3, 0.4) is 0 Å². The van der Waals surface area contributed by atoms with E-state index in [0.717, 1.165) is 0 Å². The molecule has 0 aliphatic heterocycles. The molecule has 0 bridgehead atoms. The first-order valence-corrected chi connectivity index (χ1v) is 4.26. The third kappa shape index (κ3) is 2.84. The van der Waals surface area contributed by atoms with Gasteiger partial charge < -0.3 is 0 Å². The summed E-state index contributed by atoms with van der Waals surface area (Å²) in [6.07, 6.45) is 0. The Morgan fingerprint density at radius 1 is 0.842 bits per heavy atom. The smallest absolute Gasteiger partial charge is 0.258 e. The van der Waals surface area contributed by atoms with Crippen molar-refractivity contribution < 1.29 is 19.8 Å². The zero-order chi connectivity index (χ0) is 14.7.